The van der Waals surface area contributed by atoms with E-state index in [0.717, 1.165) is 27.9 Å². The smallest absolute Gasteiger partial charge is 0.188 e. The van der Waals surface area contributed by atoms with E-state index in [1.54, 1.807) is 17.5 Å². The number of aromatic nitrogens is 3. The maximum Gasteiger partial charge on any atom is 0.188 e. The van der Waals surface area contributed by atoms with Crippen LogP contribution in [-0.2, 0) is 0 Å². The number of benzene rings is 2. The fraction of sp³-hybridized carbons (Fsp3) is 0. The normalized spacial score (nSPS) is 10.9. The van der Waals surface area contributed by atoms with Crippen LogP contribution in [0.1, 0.15) is 0 Å². The summed E-state index contributed by atoms with van der Waals surface area (Å²) in [6.07, 6.45) is 3.60. The third kappa shape index (κ3) is 3.23. The summed E-state index contributed by atoms with van der Waals surface area (Å²) >= 11 is 1.54. The Labute approximate surface area is 166 Å². The molecule has 0 aliphatic rings. The van der Waals surface area contributed by atoms with Crippen molar-refractivity contribution >= 4 is 33.1 Å². The zero-order valence-electron chi connectivity index (χ0n) is 14.9. The van der Waals surface area contributed by atoms with Crippen molar-refractivity contribution in [2.24, 2.45) is 0 Å². The van der Waals surface area contributed by atoms with Crippen LogP contribution in [0.3, 0.4) is 0 Å². The molecule has 134 valence electrons. The molecule has 0 atom stereocenters. The molecule has 1 N–H and O–H groups in total. The third-order valence-electron chi connectivity index (χ3n) is 4.53. The highest BCUT2D eigenvalue weighted by Crippen LogP contribution is 2.31. The van der Waals surface area contributed by atoms with Crippen LogP contribution in [0, 0.1) is 0 Å². The first-order chi connectivity index (χ1) is 13.9. The largest absolute Gasteiger partial charge is 0.316 e. The quantitative estimate of drug-likeness (QED) is 0.405. The molecule has 0 unspecified atom stereocenters. The fourth-order valence-electron chi connectivity index (χ4n) is 3.22. The maximum atomic E-state index is 4.63. The van der Waals surface area contributed by atoms with Crippen LogP contribution < -0.4 is 5.32 Å². The van der Waals surface area contributed by atoms with Crippen molar-refractivity contribution < 1.29 is 0 Å². The van der Waals surface area contributed by atoms with Crippen LogP contribution in [0.5, 0.6) is 0 Å². The Morgan fingerprint density at radius 3 is 2.57 bits per heavy atom. The van der Waals surface area contributed by atoms with Crippen molar-refractivity contribution in [2.45, 2.75) is 0 Å². The molecule has 3 heterocycles. The van der Waals surface area contributed by atoms with Gasteiger partial charge in [-0.05, 0) is 46.2 Å². The molecule has 4 nitrogen and oxygen atoms in total. The van der Waals surface area contributed by atoms with E-state index in [1.165, 1.54) is 16.3 Å². The summed E-state index contributed by atoms with van der Waals surface area (Å²) in [5, 5.41) is 8.57. The molecule has 0 spiro atoms. The fourth-order valence-corrected chi connectivity index (χ4v) is 3.93. The Morgan fingerprint density at radius 2 is 1.64 bits per heavy atom. The summed E-state index contributed by atoms with van der Waals surface area (Å²) in [6.45, 7) is 0. The zero-order valence-corrected chi connectivity index (χ0v) is 15.7. The van der Waals surface area contributed by atoms with E-state index in [1.807, 2.05) is 35.8 Å². The first-order valence-corrected chi connectivity index (χ1v) is 9.83. The molecule has 0 bridgehead atoms. The van der Waals surface area contributed by atoms with Gasteiger partial charge in [0, 0.05) is 17.8 Å². The lowest BCUT2D eigenvalue weighted by atomic mass is 9.99. The number of rotatable bonds is 4. The first kappa shape index (κ1) is 16.6. The first-order valence-electron chi connectivity index (χ1n) is 8.95. The second kappa shape index (κ2) is 7.21. The Hall–Kier alpha value is -3.57. The Bertz CT molecular complexity index is 1240. The van der Waals surface area contributed by atoms with Crippen LogP contribution in [0.15, 0.2) is 90.6 Å². The van der Waals surface area contributed by atoms with Gasteiger partial charge in [0.1, 0.15) is 11.5 Å². The number of nitrogens with zero attached hydrogens (tertiary/aromatic N) is 3. The van der Waals surface area contributed by atoms with E-state index in [2.05, 4.69) is 68.8 Å². The molecule has 0 saturated heterocycles. The van der Waals surface area contributed by atoms with Crippen LogP contribution in [0.4, 0.5) is 10.9 Å². The average molecular weight is 380 g/mol. The van der Waals surface area contributed by atoms with Crippen LogP contribution >= 0.6 is 11.3 Å². The van der Waals surface area contributed by atoms with E-state index < -0.39 is 0 Å². The predicted molar refractivity (Wildman–Crippen MR) is 116 cm³/mol. The number of nitrogens with one attached hydrogen (secondary N) is 1. The molecule has 0 aliphatic heterocycles. The number of thiazole rings is 1. The van der Waals surface area contributed by atoms with E-state index in [4.69, 9.17) is 0 Å². The van der Waals surface area contributed by atoms with Crippen molar-refractivity contribution in [1.82, 2.24) is 15.0 Å². The van der Waals surface area contributed by atoms with Gasteiger partial charge in [-0.3, -0.25) is 4.98 Å². The molecule has 3 aromatic heterocycles. The number of hydrogen-bond acceptors (Lipinski definition) is 5. The SMILES string of the molecule is c1ccc(-c2csc(Nc3cc(-c4cccc5ccccc45)ccn3)n2)nc1. The minimum absolute atomic E-state index is 0.771. The molecule has 28 heavy (non-hydrogen) atoms. The highest BCUT2D eigenvalue weighted by molar-refractivity contribution is 7.14. The molecular formula is C23H16N4S. The molecule has 2 aromatic carbocycles. The van der Waals surface area contributed by atoms with Crippen molar-refractivity contribution in [1.29, 1.82) is 0 Å². The molecule has 0 saturated carbocycles. The van der Waals surface area contributed by atoms with Crippen LogP contribution in [-0.4, -0.2) is 15.0 Å². The van der Waals surface area contributed by atoms with Gasteiger partial charge in [-0.1, -0.05) is 48.5 Å². The maximum absolute atomic E-state index is 4.63. The molecule has 0 radical (unpaired) electrons. The summed E-state index contributed by atoms with van der Waals surface area (Å²) in [5.74, 6) is 0.771. The van der Waals surface area contributed by atoms with E-state index >= 15 is 0 Å². The van der Waals surface area contributed by atoms with E-state index in [-0.39, 0.29) is 0 Å². The predicted octanol–water partition coefficient (Wildman–Crippen LogP) is 6.16. The van der Waals surface area contributed by atoms with Crippen molar-refractivity contribution in [2.75, 3.05) is 5.32 Å². The zero-order chi connectivity index (χ0) is 18.8. The van der Waals surface area contributed by atoms with Gasteiger partial charge in [0.15, 0.2) is 5.13 Å². The van der Waals surface area contributed by atoms with Gasteiger partial charge in [0.25, 0.3) is 0 Å². The summed E-state index contributed by atoms with van der Waals surface area (Å²) in [6, 6.07) is 24.7. The number of pyridine rings is 2. The molecular weight excluding hydrogens is 364 g/mol. The Kier molecular flexibility index (Phi) is 4.27. The summed E-state index contributed by atoms with van der Waals surface area (Å²) in [5.41, 5.74) is 4.04. The second-order valence-electron chi connectivity index (χ2n) is 6.33. The highest BCUT2D eigenvalue weighted by atomic mass is 32.1. The summed E-state index contributed by atoms with van der Waals surface area (Å²) < 4.78 is 0. The van der Waals surface area contributed by atoms with Crippen LogP contribution in [0.25, 0.3) is 33.3 Å². The molecule has 0 fully saturated rings. The summed E-state index contributed by atoms with van der Waals surface area (Å²) in [4.78, 5) is 13.4. The number of hydrogen-bond donors (Lipinski definition) is 1. The third-order valence-corrected chi connectivity index (χ3v) is 5.28. The molecule has 0 amide bonds. The minimum Gasteiger partial charge on any atom is -0.316 e. The van der Waals surface area contributed by atoms with Gasteiger partial charge in [0.05, 0.1) is 5.69 Å². The Balaban J connectivity index is 1.46. The van der Waals surface area contributed by atoms with Gasteiger partial charge < -0.3 is 5.32 Å². The van der Waals surface area contributed by atoms with E-state index in [9.17, 15) is 0 Å². The van der Waals surface area contributed by atoms with Gasteiger partial charge in [0.2, 0.25) is 0 Å². The lowest BCUT2D eigenvalue weighted by Crippen LogP contribution is -1.94. The lowest BCUT2D eigenvalue weighted by Gasteiger charge is -2.08. The molecule has 0 aliphatic carbocycles. The van der Waals surface area contributed by atoms with Crippen LogP contribution in [0.2, 0.25) is 0 Å². The molecule has 5 aromatic rings. The van der Waals surface area contributed by atoms with Gasteiger partial charge in [-0.15, -0.1) is 11.3 Å². The minimum atomic E-state index is 0.771. The van der Waals surface area contributed by atoms with Gasteiger partial charge in [-0.25, -0.2) is 9.97 Å². The monoisotopic (exact) mass is 380 g/mol. The summed E-state index contributed by atoms with van der Waals surface area (Å²) in [7, 11) is 0. The van der Waals surface area contributed by atoms with Gasteiger partial charge in [-0.2, -0.15) is 0 Å². The number of fused-ring (bicyclic) bond motifs is 1. The topological polar surface area (TPSA) is 50.7 Å². The highest BCUT2D eigenvalue weighted by Gasteiger charge is 2.08. The Morgan fingerprint density at radius 1 is 0.750 bits per heavy atom. The van der Waals surface area contributed by atoms with Crippen molar-refractivity contribution in [3.05, 3.63) is 90.6 Å². The molecule has 5 heteroatoms. The standard InChI is InChI=1S/C23H16N4S/c1-2-8-18-16(6-1)7-5-9-19(18)17-11-13-25-22(14-17)27-23-26-21(15-28-23)20-10-3-4-12-24-20/h1-15H,(H,25,26,27). The lowest BCUT2D eigenvalue weighted by molar-refractivity contribution is 1.26. The van der Waals surface area contributed by atoms with Crippen molar-refractivity contribution in [3.8, 4) is 22.5 Å². The number of anilines is 2. The van der Waals surface area contributed by atoms with E-state index in [0.29, 0.717) is 0 Å². The van der Waals surface area contributed by atoms with Crippen molar-refractivity contribution in [3.63, 3.8) is 0 Å². The van der Waals surface area contributed by atoms with Gasteiger partial charge >= 0.3 is 0 Å². The second-order valence-corrected chi connectivity index (χ2v) is 7.19. The molecule has 5 rings (SSSR count). The average Bonchev–Trinajstić information content (AvgIpc) is 3.23.